The quantitative estimate of drug-likeness (QED) is 0.600. The lowest BCUT2D eigenvalue weighted by molar-refractivity contribution is 0.443. The first kappa shape index (κ1) is 11.1. The molecule has 2 N–H and O–H groups in total. The third-order valence-electron chi connectivity index (χ3n) is 1.81. The molecular formula is C13H15NO. The van der Waals surface area contributed by atoms with Crippen molar-refractivity contribution in [2.75, 3.05) is 0 Å². The molecule has 0 fully saturated rings. The monoisotopic (exact) mass is 201 g/mol. The summed E-state index contributed by atoms with van der Waals surface area (Å²) in [6.45, 7) is 5.47. The van der Waals surface area contributed by atoms with Gasteiger partial charge in [-0.15, -0.1) is 0 Å². The van der Waals surface area contributed by atoms with E-state index in [1.807, 2.05) is 43.3 Å². The van der Waals surface area contributed by atoms with E-state index in [0.717, 1.165) is 5.75 Å². The smallest absolute Gasteiger partial charge is 0.127 e. The molecule has 0 aliphatic carbocycles. The fourth-order valence-electron chi connectivity index (χ4n) is 1.02. The molecule has 78 valence electrons. The molecule has 0 aliphatic heterocycles. The molecule has 15 heavy (non-hydrogen) atoms. The Balaban J connectivity index is 2.76. The molecule has 0 spiro atoms. The fraction of sp³-hybridized carbons (Fsp3) is 0.0769. The molecule has 2 heteroatoms. The van der Waals surface area contributed by atoms with Gasteiger partial charge in [-0.3, -0.25) is 0 Å². The van der Waals surface area contributed by atoms with Crippen molar-refractivity contribution in [1.82, 2.24) is 0 Å². The van der Waals surface area contributed by atoms with Crippen molar-refractivity contribution in [3.8, 4) is 5.75 Å². The van der Waals surface area contributed by atoms with Crippen LogP contribution in [0.5, 0.6) is 5.75 Å². The molecule has 0 radical (unpaired) electrons. The third kappa shape index (κ3) is 3.73. The summed E-state index contributed by atoms with van der Waals surface area (Å²) in [5.74, 6) is 1.50. The summed E-state index contributed by atoms with van der Waals surface area (Å²) in [5.41, 5.74) is 6.21. The zero-order valence-electron chi connectivity index (χ0n) is 8.81. The molecule has 1 aromatic carbocycles. The number of hydrogen-bond acceptors (Lipinski definition) is 2. The van der Waals surface area contributed by atoms with Crippen LogP contribution >= 0.6 is 0 Å². The average molecular weight is 201 g/mol. The van der Waals surface area contributed by atoms with Crippen LogP contribution in [0.1, 0.15) is 6.92 Å². The van der Waals surface area contributed by atoms with Crippen molar-refractivity contribution < 1.29 is 4.74 Å². The topological polar surface area (TPSA) is 35.2 Å². The van der Waals surface area contributed by atoms with E-state index < -0.39 is 0 Å². The summed E-state index contributed by atoms with van der Waals surface area (Å²) >= 11 is 0. The van der Waals surface area contributed by atoms with Gasteiger partial charge in [0.2, 0.25) is 0 Å². The average Bonchev–Trinajstić information content (AvgIpc) is 2.29. The molecule has 2 nitrogen and oxygen atoms in total. The second-order valence-corrected chi connectivity index (χ2v) is 2.95. The van der Waals surface area contributed by atoms with E-state index in [4.69, 9.17) is 10.5 Å². The highest BCUT2D eigenvalue weighted by atomic mass is 16.5. The number of nitrogens with two attached hydrogens (primary N) is 1. The van der Waals surface area contributed by atoms with Crippen molar-refractivity contribution in [2.45, 2.75) is 6.92 Å². The Morgan fingerprint density at radius 2 is 2.00 bits per heavy atom. The van der Waals surface area contributed by atoms with Gasteiger partial charge in [0.25, 0.3) is 0 Å². The zero-order chi connectivity index (χ0) is 11.1. The minimum Gasteiger partial charge on any atom is -0.458 e. The largest absolute Gasteiger partial charge is 0.458 e. The molecule has 0 amide bonds. The Bertz CT molecular complexity index is 377. The standard InChI is InChI=1S/C13H15NO/c1-3-11(14)10-12(4-2)15-13-8-6-5-7-9-13/h3-10H,1,14H2,2H3/b11-10+,12-4+. The van der Waals surface area contributed by atoms with Gasteiger partial charge in [0.1, 0.15) is 11.5 Å². The van der Waals surface area contributed by atoms with Crippen molar-refractivity contribution in [3.63, 3.8) is 0 Å². The lowest BCUT2D eigenvalue weighted by Crippen LogP contribution is -1.97. The SMILES string of the molecule is C=C/C(N)=C\C(=C/C)Oc1ccccc1. The molecule has 0 saturated carbocycles. The van der Waals surface area contributed by atoms with Crippen LogP contribution in [-0.2, 0) is 0 Å². The first-order chi connectivity index (χ1) is 7.26. The molecule has 0 atom stereocenters. The first-order valence-electron chi connectivity index (χ1n) is 4.75. The lowest BCUT2D eigenvalue weighted by atomic mass is 10.3. The third-order valence-corrected chi connectivity index (χ3v) is 1.81. The Labute approximate surface area is 90.4 Å². The maximum atomic E-state index is 5.63. The van der Waals surface area contributed by atoms with Crippen molar-refractivity contribution in [1.29, 1.82) is 0 Å². The fourth-order valence-corrected chi connectivity index (χ4v) is 1.02. The highest BCUT2D eigenvalue weighted by Gasteiger charge is 1.95. The molecule has 1 aromatic rings. The maximum absolute atomic E-state index is 5.63. The van der Waals surface area contributed by atoms with Crippen LogP contribution in [0.15, 0.2) is 66.6 Å². The predicted molar refractivity (Wildman–Crippen MR) is 63.3 cm³/mol. The highest BCUT2D eigenvalue weighted by molar-refractivity contribution is 5.29. The lowest BCUT2D eigenvalue weighted by Gasteiger charge is -2.06. The number of rotatable bonds is 4. The van der Waals surface area contributed by atoms with Crippen LogP contribution < -0.4 is 10.5 Å². The van der Waals surface area contributed by atoms with Gasteiger partial charge in [0, 0.05) is 11.8 Å². The van der Waals surface area contributed by atoms with Gasteiger partial charge in [-0.05, 0) is 31.2 Å². The van der Waals surface area contributed by atoms with E-state index in [-0.39, 0.29) is 0 Å². The number of para-hydroxylation sites is 1. The molecule has 0 aliphatic rings. The van der Waals surface area contributed by atoms with E-state index in [1.54, 1.807) is 12.2 Å². The molecule has 0 heterocycles. The normalized spacial score (nSPS) is 12.3. The van der Waals surface area contributed by atoms with E-state index in [9.17, 15) is 0 Å². The molecular weight excluding hydrogens is 186 g/mol. The van der Waals surface area contributed by atoms with Gasteiger partial charge in [-0.1, -0.05) is 24.8 Å². The van der Waals surface area contributed by atoms with Crippen LogP contribution in [0.2, 0.25) is 0 Å². The second kappa shape index (κ2) is 5.70. The minimum atomic E-state index is 0.582. The van der Waals surface area contributed by atoms with Crippen LogP contribution in [0, 0.1) is 0 Å². The summed E-state index contributed by atoms with van der Waals surface area (Å²) in [4.78, 5) is 0. The summed E-state index contributed by atoms with van der Waals surface area (Å²) in [6.07, 6.45) is 5.17. The van der Waals surface area contributed by atoms with Crippen molar-refractivity contribution in [2.24, 2.45) is 5.73 Å². The van der Waals surface area contributed by atoms with Crippen LogP contribution in [-0.4, -0.2) is 0 Å². The molecule has 0 bridgehead atoms. The van der Waals surface area contributed by atoms with Crippen molar-refractivity contribution >= 4 is 0 Å². The van der Waals surface area contributed by atoms with Gasteiger partial charge in [0.05, 0.1) is 0 Å². The van der Waals surface area contributed by atoms with Crippen LogP contribution in [0.4, 0.5) is 0 Å². The molecule has 0 aromatic heterocycles. The van der Waals surface area contributed by atoms with E-state index >= 15 is 0 Å². The van der Waals surface area contributed by atoms with Gasteiger partial charge in [-0.25, -0.2) is 0 Å². The summed E-state index contributed by atoms with van der Waals surface area (Å²) in [7, 11) is 0. The van der Waals surface area contributed by atoms with Crippen LogP contribution in [0.3, 0.4) is 0 Å². The summed E-state index contributed by atoms with van der Waals surface area (Å²) < 4.78 is 5.59. The number of ether oxygens (including phenoxy) is 1. The number of benzene rings is 1. The number of hydrogen-bond donors (Lipinski definition) is 1. The Hall–Kier alpha value is -1.96. The summed E-state index contributed by atoms with van der Waals surface area (Å²) in [5, 5.41) is 0. The zero-order valence-corrected chi connectivity index (χ0v) is 8.81. The van der Waals surface area contributed by atoms with Crippen molar-refractivity contribution in [3.05, 3.63) is 66.6 Å². The Morgan fingerprint density at radius 1 is 1.33 bits per heavy atom. The molecule has 0 saturated heterocycles. The van der Waals surface area contributed by atoms with Crippen LogP contribution in [0.25, 0.3) is 0 Å². The Morgan fingerprint density at radius 3 is 2.53 bits per heavy atom. The highest BCUT2D eigenvalue weighted by Crippen LogP contribution is 2.13. The summed E-state index contributed by atoms with van der Waals surface area (Å²) in [6, 6.07) is 9.56. The number of allylic oxidation sites excluding steroid dienone is 3. The van der Waals surface area contributed by atoms with E-state index in [1.165, 1.54) is 0 Å². The van der Waals surface area contributed by atoms with E-state index in [2.05, 4.69) is 6.58 Å². The van der Waals surface area contributed by atoms with Gasteiger partial charge in [0.15, 0.2) is 0 Å². The molecule has 1 rings (SSSR count). The van der Waals surface area contributed by atoms with Gasteiger partial charge in [-0.2, -0.15) is 0 Å². The molecule has 0 unspecified atom stereocenters. The van der Waals surface area contributed by atoms with E-state index in [0.29, 0.717) is 11.5 Å². The second-order valence-electron chi connectivity index (χ2n) is 2.95. The van der Waals surface area contributed by atoms with Gasteiger partial charge < -0.3 is 10.5 Å². The van der Waals surface area contributed by atoms with Gasteiger partial charge >= 0.3 is 0 Å². The Kier molecular flexibility index (Phi) is 4.23. The first-order valence-corrected chi connectivity index (χ1v) is 4.75. The minimum absolute atomic E-state index is 0.582. The predicted octanol–water partition coefficient (Wildman–Crippen LogP) is 3.00. The maximum Gasteiger partial charge on any atom is 0.127 e.